The third-order valence-corrected chi connectivity index (χ3v) is 4.00. The Morgan fingerprint density at radius 2 is 1.71 bits per heavy atom. The van der Waals surface area contributed by atoms with Gasteiger partial charge in [-0.05, 0) is 26.7 Å². The highest BCUT2D eigenvalue weighted by Crippen LogP contribution is 2.29. The highest BCUT2D eigenvalue weighted by atomic mass is 16.3. The van der Waals surface area contributed by atoms with E-state index >= 15 is 0 Å². The fourth-order valence-corrected chi connectivity index (χ4v) is 2.66. The molecule has 1 aromatic heterocycles. The summed E-state index contributed by atoms with van der Waals surface area (Å²) in [6, 6.07) is 0. The smallest absolute Gasteiger partial charge is 0.231 e. The molecule has 1 aromatic rings. The van der Waals surface area contributed by atoms with E-state index < -0.39 is 5.60 Å². The molecule has 1 aliphatic carbocycles. The Bertz CT molecular complexity index is 457. The van der Waals surface area contributed by atoms with Crippen LogP contribution in [-0.2, 0) is 0 Å². The quantitative estimate of drug-likeness (QED) is 0.702. The average molecular weight is 294 g/mol. The van der Waals surface area contributed by atoms with E-state index in [1.807, 2.05) is 0 Å². The van der Waals surface area contributed by atoms with Gasteiger partial charge in [0.1, 0.15) is 0 Å². The number of rotatable bonds is 7. The van der Waals surface area contributed by atoms with Crippen LogP contribution < -0.4 is 15.5 Å². The minimum absolute atomic E-state index is 0.484. The van der Waals surface area contributed by atoms with Crippen LogP contribution in [0.1, 0.15) is 39.5 Å². The van der Waals surface area contributed by atoms with E-state index in [2.05, 4.69) is 44.3 Å². The van der Waals surface area contributed by atoms with Crippen molar-refractivity contribution in [3.05, 3.63) is 0 Å². The van der Waals surface area contributed by atoms with Gasteiger partial charge in [0.2, 0.25) is 17.8 Å². The van der Waals surface area contributed by atoms with E-state index in [9.17, 15) is 5.11 Å². The van der Waals surface area contributed by atoms with E-state index in [4.69, 9.17) is 0 Å². The topological polar surface area (TPSA) is 86.2 Å². The first kappa shape index (κ1) is 15.8. The second-order valence-corrected chi connectivity index (χ2v) is 5.49. The molecule has 0 saturated heterocycles. The first-order valence-electron chi connectivity index (χ1n) is 7.75. The SMILES string of the molecule is CCN(CC)c1nc(NC)nc(NCC2(O)CCCC2)n1. The van der Waals surface area contributed by atoms with Crippen molar-refractivity contribution in [2.75, 3.05) is 42.2 Å². The molecule has 118 valence electrons. The van der Waals surface area contributed by atoms with Gasteiger partial charge in [-0.2, -0.15) is 15.0 Å². The van der Waals surface area contributed by atoms with E-state index in [-0.39, 0.29) is 0 Å². The number of hydrogen-bond donors (Lipinski definition) is 3. The molecule has 7 heteroatoms. The van der Waals surface area contributed by atoms with Crippen LogP contribution in [0.25, 0.3) is 0 Å². The van der Waals surface area contributed by atoms with Gasteiger partial charge >= 0.3 is 0 Å². The molecule has 1 aliphatic rings. The van der Waals surface area contributed by atoms with Crippen LogP contribution in [0.5, 0.6) is 0 Å². The standard InChI is InChI=1S/C14H26N6O/c1-4-20(5-2)13-18-11(15-3)17-12(19-13)16-10-14(21)8-6-7-9-14/h21H,4-10H2,1-3H3,(H2,15,16,17,18,19). The van der Waals surface area contributed by atoms with Crippen LogP contribution >= 0.6 is 0 Å². The van der Waals surface area contributed by atoms with Gasteiger partial charge in [-0.25, -0.2) is 0 Å². The van der Waals surface area contributed by atoms with Gasteiger partial charge in [0.05, 0.1) is 5.60 Å². The van der Waals surface area contributed by atoms with Crippen LogP contribution in [0.15, 0.2) is 0 Å². The van der Waals surface area contributed by atoms with E-state index in [1.54, 1.807) is 7.05 Å². The van der Waals surface area contributed by atoms with Crippen molar-refractivity contribution in [3.63, 3.8) is 0 Å². The molecule has 0 spiro atoms. The maximum atomic E-state index is 10.4. The largest absolute Gasteiger partial charge is 0.388 e. The number of nitrogens with zero attached hydrogens (tertiary/aromatic N) is 4. The number of nitrogens with one attached hydrogen (secondary N) is 2. The molecule has 1 saturated carbocycles. The second kappa shape index (κ2) is 6.89. The summed E-state index contributed by atoms with van der Waals surface area (Å²) in [6.45, 7) is 6.30. The Kier molecular flexibility index (Phi) is 5.17. The van der Waals surface area contributed by atoms with E-state index in [0.717, 1.165) is 38.8 Å². The van der Waals surface area contributed by atoms with Gasteiger partial charge in [0, 0.05) is 26.7 Å². The van der Waals surface area contributed by atoms with E-state index in [1.165, 1.54) is 0 Å². The van der Waals surface area contributed by atoms with Gasteiger partial charge in [0.15, 0.2) is 0 Å². The minimum atomic E-state index is -0.623. The van der Waals surface area contributed by atoms with Crippen molar-refractivity contribution in [1.82, 2.24) is 15.0 Å². The molecular formula is C14H26N6O. The molecule has 0 aromatic carbocycles. The van der Waals surface area contributed by atoms with Crippen molar-refractivity contribution >= 4 is 17.8 Å². The zero-order valence-corrected chi connectivity index (χ0v) is 13.2. The van der Waals surface area contributed by atoms with Crippen molar-refractivity contribution in [2.24, 2.45) is 0 Å². The maximum Gasteiger partial charge on any atom is 0.231 e. The van der Waals surface area contributed by atoms with Crippen LogP contribution in [0.2, 0.25) is 0 Å². The van der Waals surface area contributed by atoms with Crippen molar-refractivity contribution in [1.29, 1.82) is 0 Å². The summed E-state index contributed by atoms with van der Waals surface area (Å²) < 4.78 is 0. The van der Waals surface area contributed by atoms with Crippen molar-refractivity contribution in [3.8, 4) is 0 Å². The van der Waals surface area contributed by atoms with Crippen LogP contribution in [-0.4, -0.2) is 52.3 Å². The molecule has 0 aliphatic heterocycles. The number of aliphatic hydroxyl groups is 1. The number of anilines is 3. The lowest BCUT2D eigenvalue weighted by atomic mass is 10.0. The summed E-state index contributed by atoms with van der Waals surface area (Å²) in [5.74, 6) is 1.70. The monoisotopic (exact) mass is 294 g/mol. The van der Waals surface area contributed by atoms with Crippen molar-refractivity contribution in [2.45, 2.75) is 45.1 Å². The first-order valence-corrected chi connectivity index (χ1v) is 7.75. The molecule has 0 bridgehead atoms. The predicted octanol–water partition coefficient (Wildman–Crippen LogP) is 1.48. The molecule has 1 heterocycles. The fraction of sp³-hybridized carbons (Fsp3) is 0.786. The molecule has 2 rings (SSSR count). The summed E-state index contributed by atoms with van der Waals surface area (Å²) in [5, 5.41) is 16.5. The summed E-state index contributed by atoms with van der Waals surface area (Å²) in [7, 11) is 1.79. The van der Waals surface area contributed by atoms with Gasteiger partial charge < -0.3 is 20.6 Å². The van der Waals surface area contributed by atoms with Crippen LogP contribution in [0, 0.1) is 0 Å². The van der Waals surface area contributed by atoms with Crippen molar-refractivity contribution < 1.29 is 5.11 Å². The zero-order valence-electron chi connectivity index (χ0n) is 13.2. The molecule has 0 radical (unpaired) electrons. The third kappa shape index (κ3) is 3.93. The molecular weight excluding hydrogens is 268 g/mol. The predicted molar refractivity (Wildman–Crippen MR) is 84.8 cm³/mol. The lowest BCUT2D eigenvalue weighted by molar-refractivity contribution is 0.0613. The van der Waals surface area contributed by atoms with Crippen LogP contribution in [0.4, 0.5) is 17.8 Å². The summed E-state index contributed by atoms with van der Waals surface area (Å²) in [5.41, 5.74) is -0.623. The van der Waals surface area contributed by atoms with Crippen LogP contribution in [0.3, 0.4) is 0 Å². The Balaban J connectivity index is 2.12. The molecule has 3 N–H and O–H groups in total. The molecule has 21 heavy (non-hydrogen) atoms. The normalized spacial score (nSPS) is 16.8. The number of aromatic nitrogens is 3. The van der Waals surface area contributed by atoms with Gasteiger partial charge in [-0.15, -0.1) is 0 Å². The lowest BCUT2D eigenvalue weighted by Gasteiger charge is -2.23. The first-order chi connectivity index (χ1) is 10.1. The number of hydrogen-bond acceptors (Lipinski definition) is 7. The Morgan fingerprint density at radius 1 is 1.10 bits per heavy atom. The van der Waals surface area contributed by atoms with Gasteiger partial charge in [-0.1, -0.05) is 12.8 Å². The highest BCUT2D eigenvalue weighted by Gasteiger charge is 2.31. The summed E-state index contributed by atoms with van der Waals surface area (Å²) in [6.07, 6.45) is 3.85. The van der Waals surface area contributed by atoms with E-state index in [0.29, 0.717) is 24.4 Å². The Hall–Kier alpha value is -1.63. The molecule has 0 unspecified atom stereocenters. The third-order valence-electron chi connectivity index (χ3n) is 4.00. The maximum absolute atomic E-state index is 10.4. The Labute approximate surface area is 126 Å². The fourth-order valence-electron chi connectivity index (χ4n) is 2.66. The molecule has 0 amide bonds. The summed E-state index contributed by atoms with van der Waals surface area (Å²) >= 11 is 0. The summed E-state index contributed by atoms with van der Waals surface area (Å²) in [4.78, 5) is 15.2. The molecule has 1 fully saturated rings. The average Bonchev–Trinajstić information content (AvgIpc) is 2.93. The molecule has 0 atom stereocenters. The van der Waals surface area contributed by atoms with Gasteiger partial charge in [-0.3, -0.25) is 0 Å². The molecule has 7 nitrogen and oxygen atoms in total. The zero-order chi connectivity index (χ0) is 15.3. The second-order valence-electron chi connectivity index (χ2n) is 5.49. The lowest BCUT2D eigenvalue weighted by Crippen LogP contribution is -2.34. The Morgan fingerprint density at radius 3 is 2.29 bits per heavy atom. The highest BCUT2D eigenvalue weighted by molar-refractivity contribution is 5.43. The van der Waals surface area contributed by atoms with Gasteiger partial charge in [0.25, 0.3) is 0 Å². The minimum Gasteiger partial charge on any atom is -0.388 e.